The molecule has 0 bridgehead atoms. The summed E-state index contributed by atoms with van der Waals surface area (Å²) in [6.45, 7) is 13.1. The third-order valence-electron chi connectivity index (χ3n) is 2.89. The van der Waals surface area contributed by atoms with E-state index in [9.17, 15) is 4.79 Å². The van der Waals surface area contributed by atoms with Crippen molar-refractivity contribution in [2.24, 2.45) is 10.8 Å². The van der Waals surface area contributed by atoms with E-state index >= 15 is 0 Å². The zero-order valence-corrected chi connectivity index (χ0v) is 11.2. The first-order valence-corrected chi connectivity index (χ1v) is 5.81. The summed E-state index contributed by atoms with van der Waals surface area (Å²) in [7, 11) is 0. The lowest BCUT2D eigenvalue weighted by atomic mass is 9.64. The third-order valence-corrected chi connectivity index (χ3v) is 2.89. The molecule has 0 fully saturated rings. The van der Waals surface area contributed by atoms with Gasteiger partial charge in [-0.05, 0) is 22.8 Å². The highest BCUT2D eigenvalue weighted by Crippen LogP contribution is 2.45. The van der Waals surface area contributed by atoms with Crippen molar-refractivity contribution in [1.82, 2.24) is 4.98 Å². The van der Waals surface area contributed by atoms with E-state index in [1.54, 1.807) is 6.20 Å². The Labute approximate surface area is 98.1 Å². The van der Waals surface area contributed by atoms with Crippen LogP contribution in [-0.4, -0.2) is 4.98 Å². The van der Waals surface area contributed by atoms with Crippen molar-refractivity contribution >= 4 is 0 Å². The van der Waals surface area contributed by atoms with Gasteiger partial charge in [0.25, 0.3) is 5.56 Å². The highest BCUT2D eigenvalue weighted by Gasteiger charge is 2.37. The van der Waals surface area contributed by atoms with E-state index in [-0.39, 0.29) is 22.3 Å². The van der Waals surface area contributed by atoms with Gasteiger partial charge in [0.2, 0.25) is 0 Å². The van der Waals surface area contributed by atoms with Crippen LogP contribution in [0.4, 0.5) is 0 Å². The van der Waals surface area contributed by atoms with Crippen LogP contribution in [0.2, 0.25) is 0 Å². The lowest BCUT2D eigenvalue weighted by Gasteiger charge is -2.40. The molecule has 0 unspecified atom stereocenters. The Balaban J connectivity index is 3.35. The second-order valence-corrected chi connectivity index (χ2v) is 6.62. The largest absolute Gasteiger partial charge is 0.329 e. The first-order valence-electron chi connectivity index (χ1n) is 5.81. The van der Waals surface area contributed by atoms with E-state index in [2.05, 4.69) is 46.5 Å². The number of rotatable bonds is 1. The van der Waals surface area contributed by atoms with Gasteiger partial charge in [-0.3, -0.25) is 4.79 Å². The molecule has 0 spiro atoms. The molecular formula is C14H23NO. The fraction of sp³-hybridized carbons (Fsp3) is 0.643. The molecule has 0 aliphatic rings. The molecule has 0 radical (unpaired) electrons. The number of hydrogen-bond acceptors (Lipinski definition) is 1. The molecular weight excluding hydrogens is 198 g/mol. The number of pyridine rings is 1. The predicted molar refractivity (Wildman–Crippen MR) is 68.7 cm³/mol. The molecule has 1 rings (SSSR count). The van der Waals surface area contributed by atoms with E-state index in [0.717, 1.165) is 5.56 Å². The molecule has 0 aliphatic carbocycles. The number of H-pyrrole nitrogens is 1. The molecule has 90 valence electrons. The summed E-state index contributed by atoms with van der Waals surface area (Å²) in [5, 5.41) is 0. The van der Waals surface area contributed by atoms with Gasteiger partial charge in [0, 0.05) is 11.8 Å². The molecule has 1 aromatic rings. The van der Waals surface area contributed by atoms with Crippen LogP contribution in [0.25, 0.3) is 0 Å². The summed E-state index contributed by atoms with van der Waals surface area (Å²) in [6, 6.07) is 3.85. The van der Waals surface area contributed by atoms with Crippen LogP contribution in [0.5, 0.6) is 0 Å². The van der Waals surface area contributed by atoms with E-state index in [1.807, 2.05) is 12.1 Å². The summed E-state index contributed by atoms with van der Waals surface area (Å²) in [4.78, 5) is 14.7. The Morgan fingerprint density at radius 1 is 1.06 bits per heavy atom. The lowest BCUT2D eigenvalue weighted by molar-refractivity contribution is 0.175. The van der Waals surface area contributed by atoms with E-state index in [0.29, 0.717) is 0 Å². The molecule has 0 aromatic carbocycles. The van der Waals surface area contributed by atoms with Crippen LogP contribution < -0.4 is 5.56 Å². The Kier molecular flexibility index (Phi) is 3.32. The van der Waals surface area contributed by atoms with E-state index in [1.165, 1.54) is 0 Å². The monoisotopic (exact) mass is 221 g/mol. The van der Waals surface area contributed by atoms with Gasteiger partial charge in [-0.25, -0.2) is 0 Å². The Hall–Kier alpha value is -1.05. The summed E-state index contributed by atoms with van der Waals surface area (Å²) in [5.41, 5.74) is 1.08. The van der Waals surface area contributed by atoms with Gasteiger partial charge in [0.1, 0.15) is 0 Å². The summed E-state index contributed by atoms with van der Waals surface area (Å²) in [6.07, 6.45) is 1.69. The molecule has 1 heterocycles. The van der Waals surface area contributed by atoms with Crippen molar-refractivity contribution < 1.29 is 0 Å². The first kappa shape index (κ1) is 13.0. The van der Waals surface area contributed by atoms with Gasteiger partial charge >= 0.3 is 0 Å². The topological polar surface area (TPSA) is 32.9 Å². The van der Waals surface area contributed by atoms with E-state index < -0.39 is 0 Å². The van der Waals surface area contributed by atoms with Crippen LogP contribution >= 0.6 is 0 Å². The fourth-order valence-corrected chi connectivity index (χ4v) is 2.89. The van der Waals surface area contributed by atoms with Crippen LogP contribution in [0.1, 0.15) is 53.0 Å². The number of aromatic nitrogens is 1. The quantitative estimate of drug-likeness (QED) is 0.773. The fourth-order valence-electron chi connectivity index (χ4n) is 2.89. The minimum Gasteiger partial charge on any atom is -0.329 e. The smallest absolute Gasteiger partial charge is 0.251 e. The van der Waals surface area contributed by atoms with Gasteiger partial charge in [-0.1, -0.05) is 47.6 Å². The number of hydrogen-bond donors (Lipinski definition) is 1. The van der Waals surface area contributed by atoms with Crippen molar-refractivity contribution in [2.75, 3.05) is 0 Å². The van der Waals surface area contributed by atoms with Crippen LogP contribution in [-0.2, 0) is 0 Å². The van der Waals surface area contributed by atoms with Crippen molar-refractivity contribution in [3.8, 4) is 0 Å². The molecule has 0 saturated carbocycles. The second-order valence-electron chi connectivity index (χ2n) is 6.62. The zero-order chi connectivity index (χ0) is 12.6. The molecule has 2 heteroatoms. The van der Waals surface area contributed by atoms with Crippen molar-refractivity contribution in [2.45, 2.75) is 47.5 Å². The molecule has 1 aromatic heterocycles. The zero-order valence-electron chi connectivity index (χ0n) is 11.2. The van der Waals surface area contributed by atoms with Gasteiger partial charge in [-0.15, -0.1) is 0 Å². The van der Waals surface area contributed by atoms with Gasteiger partial charge in [0.15, 0.2) is 0 Å². The predicted octanol–water partition coefficient (Wildman–Crippen LogP) is 3.55. The Morgan fingerprint density at radius 2 is 1.56 bits per heavy atom. The summed E-state index contributed by atoms with van der Waals surface area (Å²) < 4.78 is 0. The third kappa shape index (κ3) is 2.75. The normalized spacial score (nSPS) is 13.2. The van der Waals surface area contributed by atoms with Gasteiger partial charge in [0.05, 0.1) is 0 Å². The summed E-state index contributed by atoms with van der Waals surface area (Å²) in [5.74, 6) is 0.241. The van der Waals surface area contributed by atoms with E-state index in [4.69, 9.17) is 0 Å². The van der Waals surface area contributed by atoms with Crippen LogP contribution in [0.3, 0.4) is 0 Å². The first-order chi connectivity index (χ1) is 7.14. The molecule has 2 nitrogen and oxygen atoms in total. The second kappa shape index (κ2) is 4.08. The number of nitrogens with one attached hydrogen (secondary N) is 1. The minimum atomic E-state index is 0.0392. The average Bonchev–Trinajstić information content (AvgIpc) is 2.03. The number of aromatic amines is 1. The van der Waals surface area contributed by atoms with Crippen LogP contribution in [0.15, 0.2) is 23.1 Å². The molecule has 0 amide bonds. The highest BCUT2D eigenvalue weighted by molar-refractivity contribution is 5.20. The molecule has 16 heavy (non-hydrogen) atoms. The van der Waals surface area contributed by atoms with Crippen LogP contribution in [0, 0.1) is 10.8 Å². The Bertz CT molecular complexity index is 390. The molecule has 0 atom stereocenters. The standard InChI is InChI=1S/C14H23NO/c1-13(2,3)11(14(4,5)6)10-8-7-9-15-12(10)16/h7-9,11H,1-6H3,(H,15,16). The van der Waals surface area contributed by atoms with Gasteiger partial charge < -0.3 is 4.98 Å². The average molecular weight is 221 g/mol. The van der Waals surface area contributed by atoms with Crippen molar-refractivity contribution in [3.63, 3.8) is 0 Å². The highest BCUT2D eigenvalue weighted by atomic mass is 16.1. The maximum atomic E-state index is 11.9. The summed E-state index contributed by atoms with van der Waals surface area (Å²) >= 11 is 0. The molecule has 0 aliphatic heterocycles. The lowest BCUT2D eigenvalue weighted by Crippen LogP contribution is -2.34. The SMILES string of the molecule is CC(C)(C)C(c1ccc[nH]c1=O)C(C)(C)C. The maximum absolute atomic E-state index is 11.9. The van der Waals surface area contributed by atoms with Gasteiger partial charge in [-0.2, -0.15) is 0 Å². The van der Waals surface area contributed by atoms with Crippen molar-refractivity contribution in [1.29, 1.82) is 0 Å². The molecule has 0 saturated heterocycles. The Morgan fingerprint density at radius 3 is 1.94 bits per heavy atom. The maximum Gasteiger partial charge on any atom is 0.251 e. The van der Waals surface area contributed by atoms with Crippen molar-refractivity contribution in [3.05, 3.63) is 34.2 Å². The molecule has 1 N–H and O–H groups in total. The minimum absolute atomic E-state index is 0.0392.